The second-order valence-corrected chi connectivity index (χ2v) is 8.84. The van der Waals surface area contributed by atoms with Gasteiger partial charge < -0.3 is 9.64 Å². The Balaban J connectivity index is 2.06. The minimum absolute atomic E-state index is 0.179. The molecule has 0 aliphatic carbocycles. The summed E-state index contributed by atoms with van der Waals surface area (Å²) in [5, 5.41) is 1.56. The van der Waals surface area contributed by atoms with Crippen molar-refractivity contribution in [3.05, 3.63) is 63.5 Å². The first-order valence-electron chi connectivity index (χ1n) is 10.1. The molecule has 30 heavy (non-hydrogen) atoms. The molecule has 156 valence electrons. The highest BCUT2D eigenvalue weighted by Crippen LogP contribution is 2.41. The summed E-state index contributed by atoms with van der Waals surface area (Å²) in [6.07, 6.45) is 7.82. The van der Waals surface area contributed by atoms with Gasteiger partial charge in [-0.2, -0.15) is 0 Å². The van der Waals surface area contributed by atoms with E-state index in [0.29, 0.717) is 11.6 Å². The number of aryl methyl sites for hydroxylation is 2. The van der Waals surface area contributed by atoms with Gasteiger partial charge >= 0.3 is 0 Å². The second kappa shape index (κ2) is 10.0. The highest BCUT2D eigenvalue weighted by molar-refractivity contribution is 7.16. The van der Waals surface area contributed by atoms with E-state index in [1.807, 2.05) is 25.1 Å². The van der Waals surface area contributed by atoms with E-state index in [1.54, 1.807) is 18.4 Å². The summed E-state index contributed by atoms with van der Waals surface area (Å²) in [7, 11) is 1.65. The lowest BCUT2D eigenvalue weighted by atomic mass is 10.0. The maximum Gasteiger partial charge on any atom is 0.187 e. The first-order valence-corrected chi connectivity index (χ1v) is 11.3. The van der Waals surface area contributed by atoms with E-state index in [-0.39, 0.29) is 6.04 Å². The molecule has 0 fully saturated rings. The van der Waals surface area contributed by atoms with Crippen LogP contribution in [0.15, 0.2) is 42.5 Å². The van der Waals surface area contributed by atoms with Crippen molar-refractivity contribution in [2.24, 2.45) is 0 Å². The van der Waals surface area contributed by atoms with Crippen LogP contribution < -0.4 is 9.64 Å². The molecule has 3 aromatic rings. The molecule has 0 bridgehead atoms. The molecule has 0 radical (unpaired) electrons. The average molecular weight is 439 g/mol. The van der Waals surface area contributed by atoms with Crippen LogP contribution in [-0.4, -0.2) is 18.6 Å². The summed E-state index contributed by atoms with van der Waals surface area (Å²) in [5.74, 6) is 3.60. The van der Waals surface area contributed by atoms with Crippen LogP contribution in [0.25, 0.3) is 11.3 Å². The van der Waals surface area contributed by atoms with Crippen LogP contribution in [0.2, 0.25) is 5.02 Å². The summed E-state index contributed by atoms with van der Waals surface area (Å²) in [6, 6.07) is 14.6. The lowest BCUT2D eigenvalue weighted by Gasteiger charge is -2.30. The minimum atomic E-state index is 0.179. The molecular weight excluding hydrogens is 412 g/mol. The number of hydrogen-bond donors (Lipinski definition) is 0. The van der Waals surface area contributed by atoms with Gasteiger partial charge in [0.15, 0.2) is 5.13 Å². The zero-order valence-electron chi connectivity index (χ0n) is 17.9. The number of ether oxygens (including phenoxy) is 1. The molecule has 0 aliphatic rings. The highest BCUT2D eigenvalue weighted by Gasteiger charge is 2.24. The molecule has 1 atom stereocenters. The van der Waals surface area contributed by atoms with Crippen molar-refractivity contribution >= 4 is 28.1 Å². The van der Waals surface area contributed by atoms with E-state index in [9.17, 15) is 0 Å². The molecule has 1 heterocycles. The molecule has 0 saturated heterocycles. The maximum absolute atomic E-state index is 6.58. The van der Waals surface area contributed by atoms with E-state index in [2.05, 4.69) is 48.9 Å². The Morgan fingerprint density at radius 3 is 2.60 bits per heavy atom. The predicted octanol–water partition coefficient (Wildman–Crippen LogP) is 7.07. The number of methoxy groups -OCH3 is 1. The van der Waals surface area contributed by atoms with Crippen molar-refractivity contribution in [1.29, 1.82) is 0 Å². The smallest absolute Gasteiger partial charge is 0.187 e. The fraction of sp³-hybridized carbons (Fsp3) is 0.320. The van der Waals surface area contributed by atoms with Gasteiger partial charge in [0.05, 0.1) is 30.4 Å². The highest BCUT2D eigenvalue weighted by atomic mass is 35.5. The van der Waals surface area contributed by atoms with Gasteiger partial charge in [-0.1, -0.05) is 61.2 Å². The Labute approximate surface area is 188 Å². The molecule has 0 unspecified atom stereocenters. The summed E-state index contributed by atoms with van der Waals surface area (Å²) in [4.78, 5) is 8.36. The largest absolute Gasteiger partial charge is 0.496 e. The van der Waals surface area contributed by atoms with Crippen molar-refractivity contribution < 1.29 is 4.74 Å². The zero-order chi connectivity index (χ0) is 21.7. The number of aromatic nitrogens is 1. The fourth-order valence-electron chi connectivity index (χ4n) is 3.68. The summed E-state index contributed by atoms with van der Waals surface area (Å²) in [5.41, 5.74) is 4.10. The standard InChI is InChI=1S/C25H27ClN2OS/c1-6-11-22(19-12-9-8-10-13-19)28(14-7-2)25-27-24(18(4)30-25)20-15-17(3)23(29-5)16-21(20)26/h2,8-10,12-13,15-16,22H,6,11,14H2,1,3-5H3/t22-/m0/s1. The zero-order valence-corrected chi connectivity index (χ0v) is 19.5. The van der Waals surface area contributed by atoms with Crippen molar-refractivity contribution in [3.8, 4) is 29.4 Å². The molecule has 0 aliphatic heterocycles. The Morgan fingerprint density at radius 1 is 1.23 bits per heavy atom. The van der Waals surface area contributed by atoms with Crippen LogP contribution in [0, 0.1) is 26.2 Å². The van der Waals surface area contributed by atoms with Gasteiger partial charge in [-0.3, -0.25) is 0 Å². The van der Waals surface area contributed by atoms with E-state index in [4.69, 9.17) is 27.7 Å². The topological polar surface area (TPSA) is 25.4 Å². The monoisotopic (exact) mass is 438 g/mol. The number of nitrogens with zero attached hydrogens (tertiary/aromatic N) is 2. The quantitative estimate of drug-likeness (QED) is 0.351. The van der Waals surface area contributed by atoms with Crippen molar-refractivity contribution in [3.63, 3.8) is 0 Å². The number of benzene rings is 2. The predicted molar refractivity (Wildman–Crippen MR) is 129 cm³/mol. The molecule has 0 N–H and O–H groups in total. The van der Waals surface area contributed by atoms with Crippen LogP contribution >= 0.6 is 22.9 Å². The third-order valence-corrected chi connectivity index (χ3v) is 6.48. The number of thiazole rings is 1. The number of anilines is 1. The summed E-state index contributed by atoms with van der Waals surface area (Å²) < 4.78 is 5.40. The van der Waals surface area contributed by atoms with Gasteiger partial charge in [-0.05, 0) is 43.5 Å². The van der Waals surface area contributed by atoms with Crippen molar-refractivity contribution in [2.45, 2.75) is 39.7 Å². The van der Waals surface area contributed by atoms with E-state index >= 15 is 0 Å². The molecule has 0 saturated carbocycles. The molecular formula is C25H27ClN2OS. The van der Waals surface area contributed by atoms with Crippen molar-refractivity contribution in [1.82, 2.24) is 4.98 Å². The number of hydrogen-bond acceptors (Lipinski definition) is 4. The van der Waals surface area contributed by atoms with Gasteiger partial charge in [-0.25, -0.2) is 4.98 Å². The number of rotatable bonds is 8. The first-order chi connectivity index (χ1) is 14.5. The normalized spacial score (nSPS) is 11.7. The fourth-order valence-corrected chi connectivity index (χ4v) is 4.90. The third kappa shape index (κ3) is 4.64. The number of halogens is 1. The van der Waals surface area contributed by atoms with Crippen LogP contribution in [0.5, 0.6) is 5.75 Å². The average Bonchev–Trinajstić information content (AvgIpc) is 3.13. The summed E-state index contributed by atoms with van der Waals surface area (Å²) >= 11 is 8.24. The minimum Gasteiger partial charge on any atom is -0.496 e. The van der Waals surface area contributed by atoms with Gasteiger partial charge in [0.25, 0.3) is 0 Å². The molecule has 0 amide bonds. The van der Waals surface area contributed by atoms with Crippen LogP contribution in [0.4, 0.5) is 5.13 Å². The SMILES string of the molecule is C#CCN(c1nc(-c2cc(C)c(OC)cc2Cl)c(C)s1)[C@@H](CCC)c1ccccc1. The lowest BCUT2D eigenvalue weighted by molar-refractivity contribution is 0.412. The summed E-state index contributed by atoms with van der Waals surface area (Å²) in [6.45, 7) is 6.79. The van der Waals surface area contributed by atoms with E-state index in [1.165, 1.54) is 5.56 Å². The Kier molecular flexibility index (Phi) is 7.42. The molecule has 0 spiro atoms. The molecule has 2 aromatic carbocycles. The van der Waals surface area contributed by atoms with Crippen LogP contribution in [0.1, 0.15) is 41.8 Å². The molecule has 5 heteroatoms. The maximum atomic E-state index is 6.58. The van der Waals surface area contributed by atoms with E-state index < -0.39 is 0 Å². The van der Waals surface area contributed by atoms with E-state index in [0.717, 1.165) is 45.4 Å². The Hall–Kier alpha value is -2.48. The van der Waals surface area contributed by atoms with Gasteiger partial charge in [0.1, 0.15) is 5.75 Å². The van der Waals surface area contributed by atoms with Crippen LogP contribution in [0.3, 0.4) is 0 Å². The van der Waals surface area contributed by atoms with Gasteiger partial charge in [0.2, 0.25) is 0 Å². The molecule has 3 rings (SSSR count). The Morgan fingerprint density at radius 2 is 1.97 bits per heavy atom. The molecule has 1 aromatic heterocycles. The Bertz CT molecular complexity index is 1040. The van der Waals surface area contributed by atoms with Crippen LogP contribution in [-0.2, 0) is 0 Å². The lowest BCUT2D eigenvalue weighted by Crippen LogP contribution is -2.29. The van der Waals surface area contributed by atoms with Gasteiger partial charge in [-0.15, -0.1) is 17.8 Å². The van der Waals surface area contributed by atoms with Gasteiger partial charge in [0, 0.05) is 10.4 Å². The van der Waals surface area contributed by atoms with Crippen molar-refractivity contribution in [2.75, 3.05) is 18.6 Å². The number of terminal acetylenes is 1. The third-order valence-electron chi connectivity index (χ3n) is 5.15. The molecule has 3 nitrogen and oxygen atoms in total. The first kappa shape index (κ1) is 22.2. The second-order valence-electron chi connectivity index (χ2n) is 7.25.